The van der Waals surface area contributed by atoms with Crippen molar-refractivity contribution in [3.05, 3.63) is 82.3 Å². The Labute approximate surface area is 140 Å². The second kappa shape index (κ2) is 7.29. The monoisotopic (exact) mass is 324 g/mol. The number of aromatic nitrogens is 1. The lowest BCUT2D eigenvalue weighted by Crippen LogP contribution is -2.33. The third-order valence-corrected chi connectivity index (χ3v) is 4.74. The number of rotatable bonds is 6. The maximum atomic E-state index is 12.2. The van der Waals surface area contributed by atoms with Gasteiger partial charge in [-0.3, -0.25) is 4.79 Å². The SMILES string of the molecule is CC(Cc1ccc(Cn2cccc2)s1)NC(=O)c1ccccc1. The minimum atomic E-state index is -0.0118. The molecule has 1 aromatic carbocycles. The topological polar surface area (TPSA) is 34.0 Å². The van der Waals surface area contributed by atoms with E-state index in [1.807, 2.05) is 60.7 Å². The number of thiophene rings is 1. The first-order valence-corrected chi connectivity index (χ1v) is 8.56. The number of nitrogens with zero attached hydrogens (tertiary/aromatic N) is 1. The number of carbonyl (C=O) groups is 1. The molecule has 0 saturated heterocycles. The summed E-state index contributed by atoms with van der Waals surface area (Å²) in [7, 11) is 0. The molecule has 1 unspecified atom stereocenters. The number of benzene rings is 1. The van der Waals surface area contributed by atoms with Crippen LogP contribution >= 0.6 is 11.3 Å². The van der Waals surface area contributed by atoms with Gasteiger partial charge in [0.1, 0.15) is 0 Å². The van der Waals surface area contributed by atoms with Crippen molar-refractivity contribution < 1.29 is 4.79 Å². The Bertz CT molecular complexity index is 747. The van der Waals surface area contributed by atoms with E-state index in [1.54, 1.807) is 0 Å². The lowest BCUT2D eigenvalue weighted by molar-refractivity contribution is 0.0940. The normalized spacial score (nSPS) is 12.0. The summed E-state index contributed by atoms with van der Waals surface area (Å²) in [5.74, 6) is -0.0118. The second-order valence-corrected chi connectivity index (χ2v) is 6.92. The molecule has 118 valence electrons. The Morgan fingerprint density at radius 1 is 1.04 bits per heavy atom. The van der Waals surface area contributed by atoms with Crippen LogP contribution in [0.4, 0.5) is 0 Å². The molecule has 0 aliphatic rings. The zero-order valence-corrected chi connectivity index (χ0v) is 13.9. The summed E-state index contributed by atoms with van der Waals surface area (Å²) < 4.78 is 2.16. The predicted octanol–water partition coefficient (Wildman–Crippen LogP) is 3.96. The van der Waals surface area contributed by atoms with E-state index in [9.17, 15) is 4.79 Å². The van der Waals surface area contributed by atoms with E-state index in [-0.39, 0.29) is 11.9 Å². The lowest BCUT2D eigenvalue weighted by Gasteiger charge is -2.13. The van der Waals surface area contributed by atoms with Gasteiger partial charge in [0.05, 0.1) is 6.54 Å². The molecule has 0 aliphatic carbocycles. The Kier molecular flexibility index (Phi) is 4.93. The standard InChI is InChI=1S/C19H20N2OS/c1-15(20-19(22)16-7-3-2-4-8-16)13-17-9-10-18(23-17)14-21-11-5-6-12-21/h2-12,15H,13-14H2,1H3,(H,20,22). The second-order valence-electron chi connectivity index (χ2n) is 5.67. The van der Waals surface area contributed by atoms with Crippen LogP contribution in [0, 0.1) is 0 Å². The Balaban J connectivity index is 1.55. The molecule has 0 fully saturated rings. The Morgan fingerprint density at radius 3 is 2.48 bits per heavy atom. The lowest BCUT2D eigenvalue weighted by atomic mass is 10.1. The van der Waals surface area contributed by atoms with Gasteiger partial charge in [0.15, 0.2) is 0 Å². The quantitative estimate of drug-likeness (QED) is 0.732. The van der Waals surface area contributed by atoms with Crippen LogP contribution in [0.1, 0.15) is 27.0 Å². The molecule has 1 atom stereocenters. The number of hydrogen-bond donors (Lipinski definition) is 1. The fraction of sp³-hybridized carbons (Fsp3) is 0.211. The molecular weight excluding hydrogens is 304 g/mol. The van der Waals surface area contributed by atoms with Gasteiger partial charge in [-0.1, -0.05) is 18.2 Å². The van der Waals surface area contributed by atoms with Crippen molar-refractivity contribution >= 4 is 17.2 Å². The molecule has 2 aromatic heterocycles. The third-order valence-electron chi connectivity index (χ3n) is 3.64. The van der Waals surface area contributed by atoms with Crippen LogP contribution in [-0.2, 0) is 13.0 Å². The molecule has 3 aromatic rings. The predicted molar refractivity (Wildman–Crippen MR) is 94.9 cm³/mol. The average Bonchev–Trinajstić information content (AvgIpc) is 3.21. The maximum absolute atomic E-state index is 12.2. The smallest absolute Gasteiger partial charge is 0.251 e. The van der Waals surface area contributed by atoms with E-state index in [1.165, 1.54) is 9.75 Å². The van der Waals surface area contributed by atoms with Crippen molar-refractivity contribution in [2.45, 2.75) is 25.9 Å². The molecule has 23 heavy (non-hydrogen) atoms. The van der Waals surface area contributed by atoms with Gasteiger partial charge in [-0.05, 0) is 43.3 Å². The van der Waals surface area contributed by atoms with Crippen molar-refractivity contribution in [3.8, 4) is 0 Å². The fourth-order valence-corrected chi connectivity index (χ4v) is 3.68. The molecule has 0 aliphatic heterocycles. The summed E-state index contributed by atoms with van der Waals surface area (Å²) in [5, 5.41) is 3.06. The number of hydrogen-bond acceptors (Lipinski definition) is 2. The van der Waals surface area contributed by atoms with Crippen molar-refractivity contribution in [2.24, 2.45) is 0 Å². The Hall–Kier alpha value is -2.33. The van der Waals surface area contributed by atoms with Crippen molar-refractivity contribution in [3.63, 3.8) is 0 Å². The van der Waals surface area contributed by atoms with Gasteiger partial charge in [-0.2, -0.15) is 0 Å². The highest BCUT2D eigenvalue weighted by Crippen LogP contribution is 2.19. The summed E-state index contributed by atoms with van der Waals surface area (Å²) in [6.07, 6.45) is 5.00. The van der Waals surface area contributed by atoms with E-state index in [0.717, 1.165) is 13.0 Å². The van der Waals surface area contributed by atoms with Gasteiger partial charge >= 0.3 is 0 Å². The van der Waals surface area contributed by atoms with Crippen LogP contribution in [0.15, 0.2) is 67.0 Å². The first-order valence-electron chi connectivity index (χ1n) is 7.75. The van der Waals surface area contributed by atoms with E-state index in [4.69, 9.17) is 0 Å². The highest BCUT2D eigenvalue weighted by Gasteiger charge is 2.11. The minimum Gasteiger partial charge on any atom is -0.349 e. The van der Waals surface area contributed by atoms with E-state index in [2.05, 4.69) is 34.4 Å². The molecule has 1 N–H and O–H groups in total. The third kappa shape index (κ3) is 4.33. The first-order chi connectivity index (χ1) is 11.2. The van der Waals surface area contributed by atoms with E-state index >= 15 is 0 Å². The van der Waals surface area contributed by atoms with Crippen LogP contribution in [0.25, 0.3) is 0 Å². The summed E-state index contributed by atoms with van der Waals surface area (Å²) in [4.78, 5) is 14.8. The molecule has 2 heterocycles. The highest BCUT2D eigenvalue weighted by atomic mass is 32.1. The fourth-order valence-electron chi connectivity index (χ4n) is 2.52. The van der Waals surface area contributed by atoms with Crippen LogP contribution < -0.4 is 5.32 Å². The molecule has 1 amide bonds. The van der Waals surface area contributed by atoms with Crippen molar-refractivity contribution in [1.29, 1.82) is 0 Å². The highest BCUT2D eigenvalue weighted by molar-refractivity contribution is 7.12. The average molecular weight is 324 g/mol. The zero-order chi connectivity index (χ0) is 16.1. The van der Waals surface area contributed by atoms with Gasteiger partial charge in [0.2, 0.25) is 0 Å². The maximum Gasteiger partial charge on any atom is 0.251 e. The molecule has 0 spiro atoms. The number of carbonyl (C=O) groups excluding carboxylic acids is 1. The van der Waals surface area contributed by atoms with Crippen LogP contribution in [0.5, 0.6) is 0 Å². The zero-order valence-electron chi connectivity index (χ0n) is 13.1. The van der Waals surface area contributed by atoms with Gasteiger partial charge in [0.25, 0.3) is 5.91 Å². The number of nitrogens with one attached hydrogen (secondary N) is 1. The molecule has 3 rings (SSSR count). The Morgan fingerprint density at radius 2 is 1.74 bits per heavy atom. The van der Waals surface area contributed by atoms with Crippen molar-refractivity contribution in [1.82, 2.24) is 9.88 Å². The van der Waals surface area contributed by atoms with Gasteiger partial charge in [-0.15, -0.1) is 11.3 Å². The summed E-state index contributed by atoms with van der Waals surface area (Å²) in [6.45, 7) is 2.95. The molecule has 0 saturated carbocycles. The van der Waals surface area contributed by atoms with E-state index < -0.39 is 0 Å². The molecule has 4 heteroatoms. The molecule has 0 radical (unpaired) electrons. The minimum absolute atomic E-state index is 0.0118. The molecule has 0 bridgehead atoms. The molecular formula is C19H20N2OS. The van der Waals surface area contributed by atoms with Gasteiger partial charge < -0.3 is 9.88 Å². The largest absolute Gasteiger partial charge is 0.349 e. The summed E-state index contributed by atoms with van der Waals surface area (Å²) in [5.41, 5.74) is 0.707. The summed E-state index contributed by atoms with van der Waals surface area (Å²) >= 11 is 1.81. The van der Waals surface area contributed by atoms with Crippen LogP contribution in [-0.4, -0.2) is 16.5 Å². The first kappa shape index (κ1) is 15.6. The van der Waals surface area contributed by atoms with Gasteiger partial charge in [-0.25, -0.2) is 0 Å². The van der Waals surface area contributed by atoms with Crippen LogP contribution in [0.3, 0.4) is 0 Å². The van der Waals surface area contributed by atoms with Gasteiger partial charge in [0, 0.05) is 40.2 Å². The molecule has 3 nitrogen and oxygen atoms in total. The van der Waals surface area contributed by atoms with E-state index in [0.29, 0.717) is 5.56 Å². The summed E-state index contributed by atoms with van der Waals surface area (Å²) in [6, 6.07) is 17.9. The van der Waals surface area contributed by atoms with Crippen molar-refractivity contribution in [2.75, 3.05) is 0 Å². The van der Waals surface area contributed by atoms with Crippen LogP contribution in [0.2, 0.25) is 0 Å². The number of amides is 1.